The summed E-state index contributed by atoms with van der Waals surface area (Å²) in [6.07, 6.45) is 13.1. The molecule has 0 bridgehead atoms. The Labute approximate surface area is 78.3 Å². The summed E-state index contributed by atoms with van der Waals surface area (Å²) in [7, 11) is 0. The SMILES string of the molecule is C1=CCCC=1.C1=CCCC=1.[Ni]. The van der Waals surface area contributed by atoms with Crippen molar-refractivity contribution in [2.24, 2.45) is 0 Å². The molecule has 0 aromatic heterocycles. The van der Waals surface area contributed by atoms with E-state index in [2.05, 4.69) is 35.8 Å². The Bertz CT molecular complexity index is 161. The largest absolute Gasteiger partial charge is 0.130 e. The molecule has 0 saturated heterocycles. The molecule has 0 saturated carbocycles. The van der Waals surface area contributed by atoms with E-state index in [1.807, 2.05) is 0 Å². The van der Waals surface area contributed by atoms with Gasteiger partial charge in [0.1, 0.15) is 0 Å². The minimum Gasteiger partial charge on any atom is -0.130 e. The molecular formula is C10H12Ni. The molecule has 0 fully saturated rings. The topological polar surface area (TPSA) is 0 Å². The van der Waals surface area contributed by atoms with Crippen LogP contribution >= 0.6 is 0 Å². The van der Waals surface area contributed by atoms with Gasteiger partial charge in [0.15, 0.2) is 0 Å². The maximum absolute atomic E-state index is 2.97. The monoisotopic (exact) mass is 190 g/mol. The van der Waals surface area contributed by atoms with Crippen LogP contribution in [0.5, 0.6) is 0 Å². The van der Waals surface area contributed by atoms with Crippen molar-refractivity contribution >= 4 is 0 Å². The predicted octanol–water partition coefficient (Wildman–Crippen LogP) is 2.98. The van der Waals surface area contributed by atoms with Crippen LogP contribution in [0.25, 0.3) is 0 Å². The van der Waals surface area contributed by atoms with Gasteiger partial charge in [-0.05, 0) is 50.0 Å². The van der Waals surface area contributed by atoms with E-state index in [0.29, 0.717) is 0 Å². The molecule has 0 heterocycles. The first-order valence-electron chi connectivity index (χ1n) is 3.79. The van der Waals surface area contributed by atoms with Crippen LogP contribution in [0.15, 0.2) is 35.8 Å². The fraction of sp³-hybridized carbons (Fsp3) is 0.400. The van der Waals surface area contributed by atoms with Crippen molar-refractivity contribution in [3.05, 3.63) is 35.8 Å². The summed E-state index contributed by atoms with van der Waals surface area (Å²) >= 11 is 0. The van der Waals surface area contributed by atoms with Crippen LogP contribution in [0.1, 0.15) is 25.7 Å². The van der Waals surface area contributed by atoms with Crippen LogP contribution in [0.4, 0.5) is 0 Å². The van der Waals surface area contributed by atoms with Crippen LogP contribution in [-0.4, -0.2) is 0 Å². The predicted molar refractivity (Wildman–Crippen MR) is 43.8 cm³/mol. The Kier molecular flexibility index (Phi) is 7.31. The Balaban J connectivity index is 0.000000167. The molecule has 0 amide bonds. The maximum atomic E-state index is 2.97. The Morgan fingerprint density at radius 1 is 0.636 bits per heavy atom. The smallest absolute Gasteiger partial charge is 0 e. The van der Waals surface area contributed by atoms with Gasteiger partial charge in [-0.2, -0.15) is 0 Å². The zero-order valence-corrected chi connectivity index (χ0v) is 7.44. The van der Waals surface area contributed by atoms with E-state index < -0.39 is 0 Å². The summed E-state index contributed by atoms with van der Waals surface area (Å²) in [5.41, 5.74) is 5.94. The Hall–Kier alpha value is -0.466. The Morgan fingerprint density at radius 2 is 0.909 bits per heavy atom. The third kappa shape index (κ3) is 5.95. The molecule has 0 aliphatic heterocycles. The summed E-state index contributed by atoms with van der Waals surface area (Å²) in [5, 5.41) is 0. The van der Waals surface area contributed by atoms with Gasteiger partial charge in [0, 0.05) is 16.5 Å². The van der Waals surface area contributed by atoms with Crippen molar-refractivity contribution in [1.82, 2.24) is 0 Å². The van der Waals surface area contributed by atoms with Gasteiger partial charge >= 0.3 is 0 Å². The first-order valence-corrected chi connectivity index (χ1v) is 3.79. The second-order valence-corrected chi connectivity index (χ2v) is 2.30. The number of allylic oxidation sites excluding steroid dienone is 2. The van der Waals surface area contributed by atoms with E-state index in [0.717, 1.165) is 0 Å². The molecule has 1 heteroatoms. The summed E-state index contributed by atoms with van der Waals surface area (Å²) in [4.78, 5) is 0. The first kappa shape index (κ1) is 10.5. The quantitative estimate of drug-likeness (QED) is 0.407. The molecule has 0 nitrogen and oxygen atoms in total. The molecule has 0 N–H and O–H groups in total. The number of rotatable bonds is 0. The average molecular weight is 191 g/mol. The summed E-state index contributed by atoms with van der Waals surface area (Å²) in [5.74, 6) is 0. The van der Waals surface area contributed by atoms with E-state index in [1.165, 1.54) is 25.7 Å². The molecule has 2 aliphatic rings. The van der Waals surface area contributed by atoms with Crippen molar-refractivity contribution < 1.29 is 16.5 Å². The molecule has 0 unspecified atom stereocenters. The van der Waals surface area contributed by atoms with Gasteiger partial charge in [-0.1, -0.05) is 0 Å². The van der Waals surface area contributed by atoms with E-state index in [4.69, 9.17) is 0 Å². The van der Waals surface area contributed by atoms with E-state index >= 15 is 0 Å². The van der Waals surface area contributed by atoms with Crippen molar-refractivity contribution in [2.45, 2.75) is 25.7 Å². The van der Waals surface area contributed by atoms with Gasteiger partial charge in [-0.3, -0.25) is 0 Å². The fourth-order valence-corrected chi connectivity index (χ4v) is 0.833. The van der Waals surface area contributed by atoms with E-state index in [9.17, 15) is 0 Å². The molecular weight excluding hydrogens is 179 g/mol. The zero-order chi connectivity index (χ0) is 7.07. The molecule has 0 spiro atoms. The zero-order valence-electron chi connectivity index (χ0n) is 6.45. The molecule has 62 valence electrons. The molecule has 11 heavy (non-hydrogen) atoms. The van der Waals surface area contributed by atoms with Crippen molar-refractivity contribution in [3.8, 4) is 0 Å². The molecule has 0 atom stereocenters. The van der Waals surface area contributed by atoms with Gasteiger partial charge in [0.2, 0.25) is 0 Å². The molecule has 0 aromatic carbocycles. The van der Waals surface area contributed by atoms with Crippen molar-refractivity contribution in [2.75, 3.05) is 0 Å². The Morgan fingerprint density at radius 3 is 1.00 bits per heavy atom. The van der Waals surface area contributed by atoms with Crippen LogP contribution in [0.2, 0.25) is 0 Å². The van der Waals surface area contributed by atoms with Crippen molar-refractivity contribution in [3.63, 3.8) is 0 Å². The maximum Gasteiger partial charge on any atom is 0 e. The molecule has 2 rings (SSSR count). The average Bonchev–Trinajstić information content (AvgIpc) is 2.67. The van der Waals surface area contributed by atoms with Crippen LogP contribution < -0.4 is 0 Å². The van der Waals surface area contributed by atoms with Crippen LogP contribution in [0, 0.1) is 0 Å². The third-order valence-corrected chi connectivity index (χ3v) is 1.38. The number of hydrogen-bond acceptors (Lipinski definition) is 0. The standard InChI is InChI=1S/2C5H6.Ni/c2*1-2-4-5-3-1;/h2*1,5H,2,4H2;. The van der Waals surface area contributed by atoms with E-state index in [-0.39, 0.29) is 16.5 Å². The third-order valence-electron chi connectivity index (χ3n) is 1.38. The number of hydrogen-bond donors (Lipinski definition) is 0. The normalized spacial score (nSPS) is 16.0. The summed E-state index contributed by atoms with van der Waals surface area (Å²) < 4.78 is 0. The summed E-state index contributed by atoms with van der Waals surface area (Å²) in [6.45, 7) is 0. The minimum atomic E-state index is 0. The van der Waals surface area contributed by atoms with Gasteiger partial charge in [0.25, 0.3) is 0 Å². The van der Waals surface area contributed by atoms with Gasteiger partial charge < -0.3 is 0 Å². The van der Waals surface area contributed by atoms with E-state index in [1.54, 1.807) is 0 Å². The molecule has 0 aromatic rings. The second kappa shape index (κ2) is 7.64. The minimum absolute atomic E-state index is 0. The molecule has 2 aliphatic carbocycles. The van der Waals surface area contributed by atoms with Crippen molar-refractivity contribution in [1.29, 1.82) is 0 Å². The van der Waals surface area contributed by atoms with Crippen LogP contribution in [-0.2, 0) is 16.5 Å². The summed E-state index contributed by atoms with van der Waals surface area (Å²) in [6, 6.07) is 0. The van der Waals surface area contributed by atoms with Gasteiger partial charge in [-0.25, -0.2) is 0 Å². The van der Waals surface area contributed by atoms with Gasteiger partial charge in [-0.15, -0.1) is 11.5 Å². The first-order chi connectivity index (χ1) is 5.00. The van der Waals surface area contributed by atoms with Crippen LogP contribution in [0.3, 0.4) is 0 Å². The molecule has 0 radical (unpaired) electrons. The second-order valence-electron chi connectivity index (χ2n) is 2.30. The fourth-order valence-electron chi connectivity index (χ4n) is 0.833. The van der Waals surface area contributed by atoms with Gasteiger partial charge in [0.05, 0.1) is 0 Å².